The van der Waals surface area contributed by atoms with Crippen molar-refractivity contribution in [1.29, 1.82) is 0 Å². The lowest BCUT2D eigenvalue weighted by Crippen LogP contribution is -2.29. The summed E-state index contributed by atoms with van der Waals surface area (Å²) in [6, 6.07) is 21.4. The van der Waals surface area contributed by atoms with E-state index >= 15 is 0 Å². The molecule has 2 N–H and O–H groups in total. The lowest BCUT2D eigenvalue weighted by Gasteiger charge is -2.22. The van der Waals surface area contributed by atoms with Gasteiger partial charge in [-0.2, -0.15) is 0 Å². The van der Waals surface area contributed by atoms with Gasteiger partial charge < -0.3 is 15.5 Å². The van der Waals surface area contributed by atoms with E-state index in [2.05, 4.69) is 15.5 Å². The molecule has 3 aromatic carbocycles. The van der Waals surface area contributed by atoms with Gasteiger partial charge >= 0.3 is 0 Å². The minimum atomic E-state index is -0.334. The molecule has 4 rings (SSSR count). The molecule has 0 unspecified atom stereocenters. The van der Waals surface area contributed by atoms with Gasteiger partial charge in [0.1, 0.15) is 5.82 Å². The summed E-state index contributed by atoms with van der Waals surface area (Å²) in [5.74, 6) is -0.701. The number of hydrogen-bond donors (Lipinski definition) is 2. The van der Waals surface area contributed by atoms with Gasteiger partial charge in [0.15, 0.2) is 0 Å². The molecule has 0 saturated carbocycles. The van der Waals surface area contributed by atoms with Gasteiger partial charge in [-0.05, 0) is 60.7 Å². The average molecular weight is 446 g/mol. The Kier molecular flexibility index (Phi) is 7.35. The molecule has 0 aromatic heterocycles. The molecule has 1 saturated heterocycles. The van der Waals surface area contributed by atoms with Crippen molar-refractivity contribution in [3.05, 3.63) is 95.3 Å². The van der Waals surface area contributed by atoms with E-state index < -0.39 is 0 Å². The number of carbonyl (C=O) groups is 2. The van der Waals surface area contributed by atoms with Crippen molar-refractivity contribution in [2.24, 2.45) is 0 Å². The largest absolute Gasteiger partial charge is 0.371 e. The minimum Gasteiger partial charge on any atom is -0.371 e. The van der Waals surface area contributed by atoms with Crippen LogP contribution in [0.4, 0.5) is 15.8 Å². The third-order valence-electron chi connectivity index (χ3n) is 5.79. The molecule has 1 aliphatic heterocycles. The topological polar surface area (TPSA) is 61.4 Å². The molecule has 2 amide bonds. The van der Waals surface area contributed by atoms with Crippen LogP contribution in [0.1, 0.15) is 34.3 Å². The Balaban J connectivity index is 1.45. The average Bonchev–Trinajstić information content (AvgIpc) is 3.36. The lowest BCUT2D eigenvalue weighted by molar-refractivity contribution is -0.115. The Labute approximate surface area is 193 Å². The fraction of sp³-hybridized carbons (Fsp3) is 0.259. The first-order chi connectivity index (χ1) is 16.1. The van der Waals surface area contributed by atoms with Crippen molar-refractivity contribution in [1.82, 2.24) is 5.32 Å². The SMILES string of the molecule is O=C(Cc1ccc(F)cc1)Nc1ccc(N2CCCC2)c(C(=O)NCCc2ccccc2)c1. The smallest absolute Gasteiger partial charge is 0.253 e. The number of amides is 2. The Morgan fingerprint density at radius 1 is 0.879 bits per heavy atom. The number of nitrogens with zero attached hydrogens (tertiary/aromatic N) is 1. The molecule has 0 aliphatic carbocycles. The van der Waals surface area contributed by atoms with E-state index in [1.807, 2.05) is 42.5 Å². The Hall–Kier alpha value is -3.67. The zero-order valence-electron chi connectivity index (χ0n) is 18.5. The van der Waals surface area contributed by atoms with E-state index in [0.717, 1.165) is 43.6 Å². The molecular weight excluding hydrogens is 417 g/mol. The highest BCUT2D eigenvalue weighted by molar-refractivity contribution is 6.02. The van der Waals surface area contributed by atoms with Crippen molar-refractivity contribution in [3.63, 3.8) is 0 Å². The van der Waals surface area contributed by atoms with Gasteiger partial charge in [0, 0.05) is 31.0 Å². The number of halogens is 1. The molecule has 0 atom stereocenters. The number of benzene rings is 3. The maximum absolute atomic E-state index is 13.1. The van der Waals surface area contributed by atoms with Crippen molar-refractivity contribution < 1.29 is 14.0 Å². The van der Waals surface area contributed by atoms with Crippen LogP contribution in [0.3, 0.4) is 0 Å². The van der Waals surface area contributed by atoms with Crippen LogP contribution >= 0.6 is 0 Å². The fourth-order valence-corrected chi connectivity index (χ4v) is 4.08. The van der Waals surface area contributed by atoms with Crippen molar-refractivity contribution in [2.75, 3.05) is 29.9 Å². The van der Waals surface area contributed by atoms with Crippen LogP contribution in [0.25, 0.3) is 0 Å². The van der Waals surface area contributed by atoms with E-state index in [-0.39, 0.29) is 24.1 Å². The first-order valence-corrected chi connectivity index (χ1v) is 11.3. The Bertz CT molecular complexity index is 1090. The molecule has 1 aliphatic rings. The van der Waals surface area contributed by atoms with E-state index in [0.29, 0.717) is 17.8 Å². The number of carbonyl (C=O) groups excluding carboxylic acids is 2. The summed E-state index contributed by atoms with van der Waals surface area (Å²) >= 11 is 0. The van der Waals surface area contributed by atoms with Gasteiger partial charge in [0.25, 0.3) is 5.91 Å². The Morgan fingerprint density at radius 3 is 2.33 bits per heavy atom. The summed E-state index contributed by atoms with van der Waals surface area (Å²) in [7, 11) is 0. The normalized spacial score (nSPS) is 13.1. The molecule has 0 bridgehead atoms. The first kappa shape index (κ1) is 22.5. The second-order valence-electron chi connectivity index (χ2n) is 8.27. The summed E-state index contributed by atoms with van der Waals surface area (Å²) in [6.45, 7) is 2.37. The van der Waals surface area contributed by atoms with Crippen molar-refractivity contribution in [3.8, 4) is 0 Å². The first-order valence-electron chi connectivity index (χ1n) is 11.3. The zero-order chi connectivity index (χ0) is 23.0. The maximum Gasteiger partial charge on any atom is 0.253 e. The number of anilines is 2. The fourth-order valence-electron chi connectivity index (χ4n) is 4.08. The molecular formula is C27H28FN3O2. The Morgan fingerprint density at radius 2 is 1.61 bits per heavy atom. The lowest BCUT2D eigenvalue weighted by atomic mass is 10.1. The highest BCUT2D eigenvalue weighted by Crippen LogP contribution is 2.27. The molecule has 0 radical (unpaired) electrons. The van der Waals surface area contributed by atoms with Gasteiger partial charge in [-0.3, -0.25) is 9.59 Å². The summed E-state index contributed by atoms with van der Waals surface area (Å²) in [5, 5.41) is 5.89. The van der Waals surface area contributed by atoms with Crippen molar-refractivity contribution >= 4 is 23.2 Å². The molecule has 3 aromatic rings. The highest BCUT2D eigenvalue weighted by atomic mass is 19.1. The van der Waals surface area contributed by atoms with Gasteiger partial charge in [-0.25, -0.2) is 4.39 Å². The van der Waals surface area contributed by atoms with Gasteiger partial charge in [0.2, 0.25) is 5.91 Å². The van der Waals surface area contributed by atoms with E-state index in [9.17, 15) is 14.0 Å². The van der Waals surface area contributed by atoms with E-state index in [4.69, 9.17) is 0 Å². The monoisotopic (exact) mass is 445 g/mol. The summed E-state index contributed by atoms with van der Waals surface area (Å²) in [5.41, 5.74) is 3.91. The molecule has 5 nitrogen and oxygen atoms in total. The predicted molar refractivity (Wildman–Crippen MR) is 129 cm³/mol. The summed E-state index contributed by atoms with van der Waals surface area (Å²) in [4.78, 5) is 27.8. The second kappa shape index (κ2) is 10.8. The van der Waals surface area contributed by atoms with Crippen LogP contribution < -0.4 is 15.5 Å². The number of rotatable bonds is 8. The van der Waals surface area contributed by atoms with Crippen LogP contribution in [0, 0.1) is 5.82 Å². The third-order valence-corrected chi connectivity index (χ3v) is 5.79. The van der Waals surface area contributed by atoms with Gasteiger partial charge in [-0.1, -0.05) is 42.5 Å². The molecule has 1 heterocycles. The van der Waals surface area contributed by atoms with Crippen LogP contribution in [0.15, 0.2) is 72.8 Å². The minimum absolute atomic E-state index is 0.132. The molecule has 1 fully saturated rings. The number of hydrogen-bond acceptors (Lipinski definition) is 3. The van der Waals surface area contributed by atoms with Gasteiger partial charge in [-0.15, -0.1) is 0 Å². The van der Waals surface area contributed by atoms with Gasteiger partial charge in [0.05, 0.1) is 12.0 Å². The quantitative estimate of drug-likeness (QED) is 0.534. The van der Waals surface area contributed by atoms with Crippen LogP contribution in [0.5, 0.6) is 0 Å². The van der Waals surface area contributed by atoms with E-state index in [1.165, 1.54) is 17.7 Å². The van der Waals surface area contributed by atoms with Crippen LogP contribution in [0.2, 0.25) is 0 Å². The van der Waals surface area contributed by atoms with E-state index in [1.54, 1.807) is 18.2 Å². The standard InChI is InChI=1S/C27H28FN3O2/c28-22-10-8-21(9-11-22)18-26(32)30-23-12-13-25(31-16-4-5-17-31)24(19-23)27(33)29-15-14-20-6-2-1-3-7-20/h1-3,6-13,19H,4-5,14-18H2,(H,29,33)(H,30,32). The molecule has 170 valence electrons. The predicted octanol–water partition coefficient (Wildman–Crippen LogP) is 4.58. The third kappa shape index (κ3) is 6.19. The molecule has 0 spiro atoms. The zero-order valence-corrected chi connectivity index (χ0v) is 18.5. The van der Waals surface area contributed by atoms with Crippen LogP contribution in [-0.4, -0.2) is 31.4 Å². The molecule has 33 heavy (non-hydrogen) atoms. The maximum atomic E-state index is 13.1. The molecule has 6 heteroatoms. The second-order valence-corrected chi connectivity index (χ2v) is 8.27. The summed E-state index contributed by atoms with van der Waals surface area (Å²) in [6.07, 6.45) is 3.09. The number of nitrogens with one attached hydrogen (secondary N) is 2. The van der Waals surface area contributed by atoms with Crippen molar-refractivity contribution in [2.45, 2.75) is 25.7 Å². The summed E-state index contributed by atoms with van der Waals surface area (Å²) < 4.78 is 13.1. The highest BCUT2D eigenvalue weighted by Gasteiger charge is 2.20. The van der Waals surface area contributed by atoms with Crippen LogP contribution in [-0.2, 0) is 17.6 Å².